The molecule has 1 atom stereocenters. The molecular formula is C17H19NO5. The van der Waals surface area contributed by atoms with Crippen molar-refractivity contribution in [2.24, 2.45) is 5.92 Å². The minimum atomic E-state index is -0.210. The van der Waals surface area contributed by atoms with Gasteiger partial charge in [0.2, 0.25) is 5.78 Å². The lowest BCUT2D eigenvalue weighted by molar-refractivity contribution is -0.149. The summed E-state index contributed by atoms with van der Waals surface area (Å²) in [7, 11) is 0. The number of ketones is 1. The Labute approximate surface area is 134 Å². The number of ether oxygens (including phenoxy) is 2. The quantitative estimate of drug-likeness (QED) is 0.679. The van der Waals surface area contributed by atoms with Crippen molar-refractivity contribution in [3.05, 3.63) is 35.7 Å². The molecule has 2 aliphatic heterocycles. The van der Waals surface area contributed by atoms with Crippen molar-refractivity contribution < 1.29 is 24.2 Å². The van der Waals surface area contributed by atoms with Gasteiger partial charge in [-0.15, -0.1) is 0 Å². The molecule has 1 aromatic rings. The number of fused-ring (bicyclic) bond motifs is 1. The summed E-state index contributed by atoms with van der Waals surface area (Å²) in [4.78, 5) is 26.1. The zero-order valence-corrected chi connectivity index (χ0v) is 12.9. The van der Waals surface area contributed by atoms with Crippen molar-refractivity contribution in [2.45, 2.75) is 19.8 Å². The number of piperidine rings is 1. The highest BCUT2D eigenvalue weighted by Crippen LogP contribution is 2.34. The van der Waals surface area contributed by atoms with Gasteiger partial charge in [-0.05, 0) is 31.9 Å². The van der Waals surface area contributed by atoms with Crippen LogP contribution in [0.2, 0.25) is 0 Å². The summed E-state index contributed by atoms with van der Waals surface area (Å²) >= 11 is 0. The molecule has 0 aromatic heterocycles. The van der Waals surface area contributed by atoms with Crippen molar-refractivity contribution >= 4 is 11.8 Å². The monoisotopic (exact) mass is 317 g/mol. The molecule has 2 heterocycles. The van der Waals surface area contributed by atoms with Gasteiger partial charge in [0, 0.05) is 25.4 Å². The Kier molecular flexibility index (Phi) is 4.23. The average molecular weight is 317 g/mol. The summed E-state index contributed by atoms with van der Waals surface area (Å²) in [6.07, 6.45) is 3.31. The Balaban J connectivity index is 1.72. The number of aromatic hydroxyl groups is 1. The third-order valence-corrected chi connectivity index (χ3v) is 4.03. The Morgan fingerprint density at radius 2 is 2.35 bits per heavy atom. The molecule has 0 bridgehead atoms. The molecule has 0 radical (unpaired) electrons. The summed E-state index contributed by atoms with van der Waals surface area (Å²) < 4.78 is 10.6. The van der Waals surface area contributed by atoms with E-state index in [9.17, 15) is 14.7 Å². The highest BCUT2D eigenvalue weighted by molar-refractivity contribution is 6.12. The topological polar surface area (TPSA) is 76.1 Å². The largest absolute Gasteiger partial charge is 0.508 e. The fourth-order valence-electron chi connectivity index (χ4n) is 2.91. The highest BCUT2D eigenvalue weighted by Gasteiger charge is 2.30. The van der Waals surface area contributed by atoms with Gasteiger partial charge in [-0.25, -0.2) is 0 Å². The van der Waals surface area contributed by atoms with Gasteiger partial charge in [0.15, 0.2) is 5.76 Å². The molecule has 0 spiro atoms. The highest BCUT2D eigenvalue weighted by atomic mass is 16.5. The van der Waals surface area contributed by atoms with Crippen molar-refractivity contribution in [3.8, 4) is 11.5 Å². The Morgan fingerprint density at radius 1 is 1.52 bits per heavy atom. The van der Waals surface area contributed by atoms with Crippen LogP contribution in [-0.2, 0) is 9.53 Å². The van der Waals surface area contributed by atoms with Crippen LogP contribution in [0.1, 0.15) is 30.1 Å². The molecule has 0 amide bonds. The number of Topliss-reactive ketones (excluding diaryl/α,β-unsaturated/α-hetero) is 1. The van der Waals surface area contributed by atoms with E-state index >= 15 is 0 Å². The van der Waals surface area contributed by atoms with Crippen molar-refractivity contribution in [2.75, 3.05) is 19.7 Å². The number of esters is 1. The minimum absolute atomic E-state index is 0.0538. The van der Waals surface area contributed by atoms with Crippen LogP contribution in [0.15, 0.2) is 30.2 Å². The summed E-state index contributed by atoms with van der Waals surface area (Å²) in [5, 5.41) is 9.46. The molecule has 0 aliphatic carbocycles. The van der Waals surface area contributed by atoms with Crippen LogP contribution in [0.25, 0.3) is 0 Å². The van der Waals surface area contributed by atoms with Gasteiger partial charge >= 0.3 is 5.97 Å². The van der Waals surface area contributed by atoms with Crippen molar-refractivity contribution in [1.29, 1.82) is 0 Å². The van der Waals surface area contributed by atoms with Crippen LogP contribution in [-0.4, -0.2) is 41.5 Å². The summed E-state index contributed by atoms with van der Waals surface area (Å²) in [5.41, 5.74) is 0.438. The van der Waals surface area contributed by atoms with Gasteiger partial charge in [-0.1, -0.05) is 0 Å². The van der Waals surface area contributed by atoms with E-state index in [0.717, 1.165) is 19.4 Å². The van der Waals surface area contributed by atoms with Gasteiger partial charge in [-0.2, -0.15) is 0 Å². The number of benzene rings is 1. The number of phenolic OH excluding ortho intramolecular Hbond substituents is 1. The smallest absolute Gasteiger partial charge is 0.310 e. The van der Waals surface area contributed by atoms with Crippen LogP contribution in [0.3, 0.4) is 0 Å². The predicted molar refractivity (Wildman–Crippen MR) is 82.1 cm³/mol. The maximum atomic E-state index is 12.3. The molecule has 2 aliphatic rings. The van der Waals surface area contributed by atoms with E-state index in [1.54, 1.807) is 19.2 Å². The van der Waals surface area contributed by atoms with E-state index in [0.29, 0.717) is 24.5 Å². The van der Waals surface area contributed by atoms with E-state index in [4.69, 9.17) is 9.47 Å². The standard InChI is InChI=1S/C17H19NO5/c1-2-22-17(21)11-4-3-7-18(9-11)10-15-16(20)13-6-5-12(19)8-14(13)23-15/h5-6,8,10-11,19H,2-4,7,9H2,1H3/t11-/m0/s1. The minimum Gasteiger partial charge on any atom is -0.508 e. The van der Waals surface area contributed by atoms with Gasteiger partial charge in [0.25, 0.3) is 0 Å². The van der Waals surface area contributed by atoms with Gasteiger partial charge < -0.3 is 19.5 Å². The molecule has 0 saturated carbocycles. The lowest BCUT2D eigenvalue weighted by Gasteiger charge is -2.30. The van der Waals surface area contributed by atoms with E-state index < -0.39 is 0 Å². The van der Waals surface area contributed by atoms with Crippen molar-refractivity contribution in [1.82, 2.24) is 4.90 Å². The maximum absolute atomic E-state index is 12.3. The second-order valence-corrected chi connectivity index (χ2v) is 5.69. The first-order valence-corrected chi connectivity index (χ1v) is 7.76. The Bertz CT molecular complexity index is 667. The Hall–Kier alpha value is -2.50. The number of phenols is 1. The van der Waals surface area contributed by atoms with Gasteiger partial charge in [-0.3, -0.25) is 9.59 Å². The van der Waals surface area contributed by atoms with Crippen LogP contribution < -0.4 is 4.74 Å². The third kappa shape index (κ3) is 3.16. The molecule has 6 nitrogen and oxygen atoms in total. The molecule has 3 rings (SSSR count). The zero-order chi connectivity index (χ0) is 16.4. The van der Waals surface area contributed by atoms with Crippen LogP contribution in [0.4, 0.5) is 0 Å². The van der Waals surface area contributed by atoms with E-state index in [2.05, 4.69) is 0 Å². The van der Waals surface area contributed by atoms with Crippen LogP contribution >= 0.6 is 0 Å². The summed E-state index contributed by atoms with van der Waals surface area (Å²) in [6, 6.07) is 4.43. The van der Waals surface area contributed by atoms with Crippen LogP contribution in [0, 0.1) is 5.92 Å². The molecule has 1 aromatic carbocycles. The number of carbonyl (C=O) groups is 2. The zero-order valence-electron chi connectivity index (χ0n) is 12.9. The van der Waals surface area contributed by atoms with Gasteiger partial charge in [0.1, 0.15) is 11.5 Å². The number of nitrogens with zero attached hydrogens (tertiary/aromatic N) is 1. The van der Waals surface area contributed by atoms with E-state index in [1.165, 1.54) is 12.1 Å². The first-order valence-electron chi connectivity index (χ1n) is 7.76. The van der Waals surface area contributed by atoms with E-state index in [1.807, 2.05) is 4.90 Å². The molecule has 0 unspecified atom stereocenters. The fraction of sp³-hybridized carbons (Fsp3) is 0.412. The lowest BCUT2D eigenvalue weighted by atomic mass is 9.98. The normalized spacial score (nSPS) is 22.0. The lowest BCUT2D eigenvalue weighted by Crippen LogP contribution is -2.36. The number of allylic oxidation sites excluding steroid dienone is 1. The molecule has 1 fully saturated rings. The van der Waals surface area contributed by atoms with E-state index in [-0.39, 0.29) is 29.2 Å². The first-order chi connectivity index (χ1) is 11.1. The molecule has 1 N–H and O–H groups in total. The van der Waals surface area contributed by atoms with Crippen LogP contribution in [0.5, 0.6) is 11.5 Å². The SMILES string of the molecule is CCOC(=O)[C@H]1CCCN(C=C2Oc3cc(O)ccc3C2=O)C1. The first kappa shape index (κ1) is 15.4. The number of carbonyl (C=O) groups excluding carboxylic acids is 2. The molecule has 23 heavy (non-hydrogen) atoms. The predicted octanol–water partition coefficient (Wildman–Crippen LogP) is 2.08. The number of hydrogen-bond donors (Lipinski definition) is 1. The third-order valence-electron chi connectivity index (χ3n) is 4.03. The number of likely N-dealkylation sites (tertiary alicyclic amines) is 1. The second-order valence-electron chi connectivity index (χ2n) is 5.69. The second kappa shape index (κ2) is 6.32. The summed E-state index contributed by atoms with van der Waals surface area (Å²) in [6.45, 7) is 3.44. The average Bonchev–Trinajstić information content (AvgIpc) is 2.83. The maximum Gasteiger partial charge on any atom is 0.310 e. The van der Waals surface area contributed by atoms with Crippen molar-refractivity contribution in [3.63, 3.8) is 0 Å². The molecule has 6 heteroatoms. The summed E-state index contributed by atoms with van der Waals surface area (Å²) in [5.74, 6) is 0.0534. The Morgan fingerprint density at radius 3 is 3.13 bits per heavy atom. The number of hydrogen-bond acceptors (Lipinski definition) is 6. The number of rotatable bonds is 3. The fourth-order valence-corrected chi connectivity index (χ4v) is 2.91. The molecule has 1 saturated heterocycles. The molecule has 122 valence electrons. The van der Waals surface area contributed by atoms with Gasteiger partial charge in [0.05, 0.1) is 18.1 Å². The molecular weight excluding hydrogens is 298 g/mol.